The molecule has 5 nitrogen and oxygen atoms in total. The molecule has 0 amide bonds. The lowest BCUT2D eigenvalue weighted by molar-refractivity contribution is -0.0235. The number of guanidine groups is 1. The highest BCUT2D eigenvalue weighted by atomic mass is 127. The standard InChI is InChI=1S/C15H23N3O2.HI/c1-11(2)20-13-6-4-12(5-7-13)18-14(16)17-10-15(19)8-3-9-15;/h4-7,11,19H,3,8-10H2,1-2H3,(H3,16,17,18);1H. The van der Waals surface area contributed by atoms with Crippen molar-refractivity contribution in [1.29, 1.82) is 0 Å². The number of hydrogen-bond acceptors (Lipinski definition) is 3. The fourth-order valence-corrected chi connectivity index (χ4v) is 2.05. The van der Waals surface area contributed by atoms with Crippen LogP contribution >= 0.6 is 24.0 Å². The van der Waals surface area contributed by atoms with E-state index in [1.165, 1.54) is 0 Å². The summed E-state index contributed by atoms with van der Waals surface area (Å²) in [6.45, 7) is 4.34. The summed E-state index contributed by atoms with van der Waals surface area (Å²) in [6.07, 6.45) is 2.84. The van der Waals surface area contributed by atoms with E-state index in [9.17, 15) is 5.11 Å². The van der Waals surface area contributed by atoms with Crippen LogP contribution in [0.5, 0.6) is 5.75 Å². The fourth-order valence-electron chi connectivity index (χ4n) is 2.05. The number of rotatable bonds is 5. The van der Waals surface area contributed by atoms with Gasteiger partial charge in [-0.15, -0.1) is 24.0 Å². The summed E-state index contributed by atoms with van der Waals surface area (Å²) >= 11 is 0. The van der Waals surface area contributed by atoms with Crippen LogP contribution < -0.4 is 15.8 Å². The van der Waals surface area contributed by atoms with Crippen molar-refractivity contribution in [2.24, 2.45) is 10.7 Å². The molecule has 0 unspecified atom stereocenters. The van der Waals surface area contributed by atoms with Gasteiger partial charge in [0.25, 0.3) is 0 Å². The van der Waals surface area contributed by atoms with Crippen LogP contribution in [0, 0.1) is 0 Å². The zero-order valence-electron chi connectivity index (χ0n) is 12.5. The average molecular weight is 405 g/mol. The van der Waals surface area contributed by atoms with Gasteiger partial charge in [-0.25, -0.2) is 0 Å². The third-order valence-corrected chi connectivity index (χ3v) is 3.33. The maximum Gasteiger partial charge on any atom is 0.193 e. The molecule has 1 fully saturated rings. The van der Waals surface area contributed by atoms with Gasteiger partial charge in [0, 0.05) is 5.69 Å². The van der Waals surface area contributed by atoms with Gasteiger partial charge in [0.1, 0.15) is 5.75 Å². The van der Waals surface area contributed by atoms with E-state index < -0.39 is 5.60 Å². The summed E-state index contributed by atoms with van der Waals surface area (Å²) in [5.74, 6) is 1.15. The molecule has 1 aliphatic rings. The molecule has 1 aliphatic carbocycles. The fraction of sp³-hybridized carbons (Fsp3) is 0.533. The molecule has 0 bridgehead atoms. The van der Waals surface area contributed by atoms with Crippen molar-refractivity contribution in [1.82, 2.24) is 0 Å². The van der Waals surface area contributed by atoms with E-state index in [0.717, 1.165) is 30.7 Å². The zero-order chi connectivity index (χ0) is 14.6. The van der Waals surface area contributed by atoms with Crippen LogP contribution in [-0.4, -0.2) is 29.3 Å². The molecular weight excluding hydrogens is 381 g/mol. The number of aliphatic hydroxyl groups is 1. The number of anilines is 1. The second-order valence-corrected chi connectivity index (χ2v) is 5.60. The minimum atomic E-state index is -0.638. The largest absolute Gasteiger partial charge is 0.491 e. The Labute approximate surface area is 143 Å². The summed E-state index contributed by atoms with van der Waals surface area (Å²) < 4.78 is 5.57. The number of nitrogens with two attached hydrogens (primary N) is 1. The third-order valence-electron chi connectivity index (χ3n) is 3.33. The highest BCUT2D eigenvalue weighted by Gasteiger charge is 2.33. The molecule has 0 saturated heterocycles. The summed E-state index contributed by atoms with van der Waals surface area (Å²) in [5.41, 5.74) is 6.02. The lowest BCUT2D eigenvalue weighted by atomic mass is 9.80. The molecule has 0 atom stereocenters. The lowest BCUT2D eigenvalue weighted by Crippen LogP contribution is -2.41. The Morgan fingerprint density at radius 1 is 1.38 bits per heavy atom. The Kier molecular flexibility index (Phi) is 6.73. The lowest BCUT2D eigenvalue weighted by Gasteiger charge is -2.34. The van der Waals surface area contributed by atoms with Gasteiger partial charge in [0.2, 0.25) is 0 Å². The Hall–Kier alpha value is -1.02. The van der Waals surface area contributed by atoms with E-state index in [2.05, 4.69) is 10.3 Å². The molecule has 1 aromatic carbocycles. The number of benzene rings is 1. The van der Waals surface area contributed by atoms with E-state index in [-0.39, 0.29) is 30.1 Å². The second-order valence-electron chi connectivity index (χ2n) is 5.60. The number of aliphatic imine (C=N–C) groups is 1. The van der Waals surface area contributed by atoms with Crippen LogP contribution in [0.4, 0.5) is 5.69 Å². The monoisotopic (exact) mass is 405 g/mol. The van der Waals surface area contributed by atoms with Crippen molar-refractivity contribution in [3.8, 4) is 5.75 Å². The molecule has 0 heterocycles. The van der Waals surface area contributed by atoms with Crippen LogP contribution in [0.15, 0.2) is 29.3 Å². The predicted molar refractivity (Wildman–Crippen MR) is 96.5 cm³/mol. The number of halogens is 1. The Balaban J connectivity index is 0.00000220. The van der Waals surface area contributed by atoms with Crippen LogP contribution in [0.2, 0.25) is 0 Å². The molecule has 0 aromatic heterocycles. The Morgan fingerprint density at radius 3 is 2.48 bits per heavy atom. The van der Waals surface area contributed by atoms with Crippen molar-refractivity contribution in [2.75, 3.05) is 11.9 Å². The van der Waals surface area contributed by atoms with Crippen molar-refractivity contribution in [3.05, 3.63) is 24.3 Å². The van der Waals surface area contributed by atoms with Gasteiger partial charge < -0.3 is 20.9 Å². The highest BCUT2D eigenvalue weighted by Crippen LogP contribution is 2.31. The summed E-state index contributed by atoms with van der Waals surface area (Å²) in [4.78, 5) is 4.19. The van der Waals surface area contributed by atoms with Gasteiger partial charge in [-0.3, -0.25) is 4.99 Å². The maximum absolute atomic E-state index is 9.94. The van der Waals surface area contributed by atoms with Gasteiger partial charge in [-0.1, -0.05) is 0 Å². The van der Waals surface area contributed by atoms with Crippen LogP contribution in [0.25, 0.3) is 0 Å². The van der Waals surface area contributed by atoms with Crippen LogP contribution in [-0.2, 0) is 0 Å². The molecular formula is C15H24IN3O2. The smallest absolute Gasteiger partial charge is 0.193 e. The average Bonchev–Trinajstić information content (AvgIpc) is 2.36. The van der Waals surface area contributed by atoms with Crippen LogP contribution in [0.3, 0.4) is 0 Å². The third kappa shape index (κ3) is 5.70. The summed E-state index contributed by atoms with van der Waals surface area (Å²) in [5, 5.41) is 12.9. The van der Waals surface area contributed by atoms with E-state index in [0.29, 0.717) is 12.5 Å². The molecule has 1 saturated carbocycles. The van der Waals surface area contributed by atoms with E-state index in [4.69, 9.17) is 10.5 Å². The minimum Gasteiger partial charge on any atom is -0.491 e. The molecule has 21 heavy (non-hydrogen) atoms. The maximum atomic E-state index is 9.94. The first-order valence-corrected chi connectivity index (χ1v) is 7.03. The number of ether oxygens (including phenoxy) is 1. The quantitative estimate of drug-likeness (QED) is 0.400. The Morgan fingerprint density at radius 2 is 2.00 bits per heavy atom. The molecule has 0 aliphatic heterocycles. The number of hydrogen-bond donors (Lipinski definition) is 3. The number of nitrogens with zero attached hydrogens (tertiary/aromatic N) is 1. The second kappa shape index (κ2) is 7.84. The van der Waals surface area contributed by atoms with Gasteiger partial charge in [-0.05, 0) is 57.4 Å². The van der Waals surface area contributed by atoms with Crippen molar-refractivity contribution >= 4 is 35.6 Å². The van der Waals surface area contributed by atoms with E-state index in [1.807, 2.05) is 38.1 Å². The van der Waals surface area contributed by atoms with Gasteiger partial charge in [-0.2, -0.15) is 0 Å². The Bertz CT molecular complexity index is 470. The van der Waals surface area contributed by atoms with Crippen molar-refractivity contribution < 1.29 is 9.84 Å². The first kappa shape index (κ1) is 18.0. The molecule has 2 rings (SSSR count). The summed E-state index contributed by atoms with van der Waals surface area (Å²) in [7, 11) is 0. The molecule has 1 aromatic rings. The molecule has 6 heteroatoms. The van der Waals surface area contributed by atoms with Gasteiger partial charge >= 0.3 is 0 Å². The predicted octanol–water partition coefficient (Wildman–Crippen LogP) is 2.73. The van der Waals surface area contributed by atoms with Crippen molar-refractivity contribution in [3.63, 3.8) is 0 Å². The first-order chi connectivity index (χ1) is 9.47. The van der Waals surface area contributed by atoms with E-state index in [1.54, 1.807) is 0 Å². The van der Waals surface area contributed by atoms with Crippen molar-refractivity contribution in [2.45, 2.75) is 44.8 Å². The number of nitrogens with one attached hydrogen (secondary N) is 1. The van der Waals surface area contributed by atoms with Crippen LogP contribution in [0.1, 0.15) is 33.1 Å². The minimum absolute atomic E-state index is 0. The van der Waals surface area contributed by atoms with Gasteiger partial charge in [0.15, 0.2) is 5.96 Å². The topological polar surface area (TPSA) is 79.9 Å². The normalized spacial score (nSPS) is 16.9. The highest BCUT2D eigenvalue weighted by molar-refractivity contribution is 14.0. The first-order valence-electron chi connectivity index (χ1n) is 7.03. The summed E-state index contributed by atoms with van der Waals surface area (Å²) in [6, 6.07) is 7.54. The molecule has 4 N–H and O–H groups in total. The zero-order valence-corrected chi connectivity index (χ0v) is 14.8. The van der Waals surface area contributed by atoms with Gasteiger partial charge in [0.05, 0.1) is 18.2 Å². The molecule has 0 spiro atoms. The SMILES string of the molecule is CC(C)Oc1ccc(NC(N)=NCC2(O)CCC2)cc1.I. The molecule has 118 valence electrons. The van der Waals surface area contributed by atoms with E-state index >= 15 is 0 Å². The molecule has 0 radical (unpaired) electrons.